The van der Waals surface area contributed by atoms with E-state index in [-0.39, 0.29) is 0 Å². The van der Waals surface area contributed by atoms with Gasteiger partial charge in [0.15, 0.2) is 0 Å². The monoisotopic (exact) mass is 353 g/mol. The smallest absolute Gasteiger partial charge is 0.250 e. The van der Waals surface area contributed by atoms with Crippen molar-refractivity contribution in [2.75, 3.05) is 11.9 Å². The van der Waals surface area contributed by atoms with E-state index in [4.69, 9.17) is 17.3 Å². The Morgan fingerprint density at radius 3 is 2.92 bits per heavy atom. The van der Waals surface area contributed by atoms with Crippen LogP contribution in [0.2, 0.25) is 5.02 Å². The van der Waals surface area contributed by atoms with Crippen LogP contribution in [0.3, 0.4) is 0 Å². The molecule has 7 heteroatoms. The fourth-order valence-corrected chi connectivity index (χ4v) is 3.36. The van der Waals surface area contributed by atoms with Crippen molar-refractivity contribution < 1.29 is 4.79 Å². The highest BCUT2D eigenvalue weighted by Crippen LogP contribution is 2.32. The molecule has 1 aliphatic rings. The normalized spacial score (nSPS) is 12.7. The lowest BCUT2D eigenvalue weighted by molar-refractivity contribution is 0.100. The van der Waals surface area contributed by atoms with Crippen LogP contribution in [0.1, 0.15) is 21.5 Å². The fourth-order valence-electron chi connectivity index (χ4n) is 3.19. The number of rotatable bonds is 3. The Morgan fingerprint density at radius 2 is 2.12 bits per heavy atom. The molecule has 0 aliphatic carbocycles. The third-order valence-electron chi connectivity index (χ3n) is 4.42. The second kappa shape index (κ2) is 5.89. The summed E-state index contributed by atoms with van der Waals surface area (Å²) in [5, 5.41) is 3.84. The van der Waals surface area contributed by atoms with Gasteiger partial charge in [-0.1, -0.05) is 17.7 Å². The average molecular weight is 354 g/mol. The molecule has 1 aliphatic heterocycles. The molecule has 6 nitrogen and oxygen atoms in total. The molecule has 0 radical (unpaired) electrons. The van der Waals surface area contributed by atoms with E-state index in [0.29, 0.717) is 10.6 Å². The Labute approximate surface area is 149 Å². The summed E-state index contributed by atoms with van der Waals surface area (Å²) in [5.41, 5.74) is 9.71. The third kappa shape index (κ3) is 2.64. The van der Waals surface area contributed by atoms with Crippen LogP contribution in [-0.2, 0) is 6.42 Å². The van der Waals surface area contributed by atoms with Crippen LogP contribution in [0, 0.1) is 6.92 Å². The number of hydrogen-bond acceptors (Lipinski definition) is 4. The summed E-state index contributed by atoms with van der Waals surface area (Å²) in [7, 11) is 0. The first-order valence-electron chi connectivity index (χ1n) is 7.91. The molecular formula is C18H16ClN5O. The Hall–Kier alpha value is -2.86. The van der Waals surface area contributed by atoms with Gasteiger partial charge in [0.1, 0.15) is 18.0 Å². The quantitative estimate of drug-likeness (QED) is 0.758. The molecule has 1 aromatic carbocycles. The molecule has 0 bridgehead atoms. The first-order chi connectivity index (χ1) is 12.0. The van der Waals surface area contributed by atoms with Crippen molar-refractivity contribution in [3.05, 3.63) is 58.6 Å². The number of hydrogen-bond donors (Lipinski definition) is 2. The number of nitrogens with two attached hydrogens (primary N) is 1. The highest BCUT2D eigenvalue weighted by Gasteiger charge is 2.21. The van der Waals surface area contributed by atoms with E-state index in [1.54, 1.807) is 6.20 Å². The Balaban J connectivity index is 1.92. The number of primary amides is 1. The lowest BCUT2D eigenvalue weighted by Crippen LogP contribution is -2.11. The number of benzene rings is 1. The Morgan fingerprint density at radius 1 is 1.28 bits per heavy atom. The minimum absolute atomic E-state index is 0.434. The summed E-state index contributed by atoms with van der Waals surface area (Å²) in [4.78, 5) is 20.7. The van der Waals surface area contributed by atoms with E-state index in [2.05, 4.69) is 15.3 Å². The van der Waals surface area contributed by atoms with Gasteiger partial charge >= 0.3 is 0 Å². The molecule has 3 heterocycles. The van der Waals surface area contributed by atoms with Gasteiger partial charge in [0.25, 0.3) is 5.91 Å². The number of anilines is 1. The molecule has 25 heavy (non-hydrogen) atoms. The van der Waals surface area contributed by atoms with Crippen molar-refractivity contribution in [3.8, 4) is 16.9 Å². The van der Waals surface area contributed by atoms with Gasteiger partial charge < -0.3 is 15.6 Å². The van der Waals surface area contributed by atoms with Crippen LogP contribution in [0.4, 0.5) is 5.82 Å². The van der Waals surface area contributed by atoms with Crippen molar-refractivity contribution in [2.45, 2.75) is 13.3 Å². The second-order valence-corrected chi connectivity index (χ2v) is 6.45. The number of amides is 1. The fraction of sp³-hybridized carbons (Fsp3) is 0.167. The number of aryl methyl sites for hydroxylation is 1. The maximum atomic E-state index is 12.0. The maximum Gasteiger partial charge on any atom is 0.250 e. The minimum Gasteiger partial charge on any atom is -0.369 e. The first kappa shape index (κ1) is 15.7. The van der Waals surface area contributed by atoms with Crippen molar-refractivity contribution in [1.29, 1.82) is 0 Å². The number of carbonyl (C=O) groups excluding carboxylic acids is 1. The zero-order chi connectivity index (χ0) is 17.6. The lowest BCUT2D eigenvalue weighted by Gasteiger charge is -2.07. The molecule has 1 amide bonds. The molecule has 126 valence electrons. The van der Waals surface area contributed by atoms with Crippen molar-refractivity contribution >= 4 is 23.3 Å². The molecule has 0 saturated heterocycles. The number of fused-ring (bicyclic) bond motifs is 1. The average Bonchev–Trinajstić information content (AvgIpc) is 3.23. The molecule has 3 aromatic rings. The van der Waals surface area contributed by atoms with Gasteiger partial charge in [-0.3, -0.25) is 4.79 Å². The highest BCUT2D eigenvalue weighted by atomic mass is 35.5. The summed E-state index contributed by atoms with van der Waals surface area (Å²) < 4.78 is 1.84. The van der Waals surface area contributed by atoms with E-state index in [1.165, 1.54) is 6.33 Å². The highest BCUT2D eigenvalue weighted by molar-refractivity contribution is 6.31. The van der Waals surface area contributed by atoms with E-state index in [0.717, 1.165) is 46.9 Å². The van der Waals surface area contributed by atoms with Crippen LogP contribution in [0.25, 0.3) is 16.9 Å². The zero-order valence-electron chi connectivity index (χ0n) is 13.6. The third-order valence-corrected chi connectivity index (χ3v) is 4.65. The molecular weight excluding hydrogens is 338 g/mol. The maximum absolute atomic E-state index is 12.0. The number of nitrogens with one attached hydrogen (secondary N) is 1. The number of nitrogens with zero attached hydrogens (tertiary/aromatic N) is 3. The van der Waals surface area contributed by atoms with Crippen LogP contribution in [-0.4, -0.2) is 27.0 Å². The lowest BCUT2D eigenvalue weighted by atomic mass is 10.00. The van der Waals surface area contributed by atoms with Crippen molar-refractivity contribution in [3.63, 3.8) is 0 Å². The van der Waals surface area contributed by atoms with Crippen LogP contribution in [0.5, 0.6) is 0 Å². The Bertz CT molecular complexity index is 995. The van der Waals surface area contributed by atoms with Gasteiger partial charge in [-0.25, -0.2) is 9.97 Å². The summed E-state index contributed by atoms with van der Waals surface area (Å²) in [6.07, 6.45) is 5.94. The first-order valence-corrected chi connectivity index (χ1v) is 8.29. The van der Waals surface area contributed by atoms with Crippen LogP contribution < -0.4 is 11.1 Å². The summed E-state index contributed by atoms with van der Waals surface area (Å²) in [5.74, 6) is 1.10. The molecule has 0 unspecified atom stereocenters. The molecule has 3 N–H and O–H groups in total. The number of halogens is 1. The van der Waals surface area contributed by atoms with Gasteiger partial charge in [-0.2, -0.15) is 0 Å². The predicted octanol–water partition coefficient (Wildman–Crippen LogP) is 2.96. The van der Waals surface area contributed by atoms with Gasteiger partial charge in [0.2, 0.25) is 0 Å². The summed E-state index contributed by atoms with van der Waals surface area (Å²) in [6, 6.07) is 5.59. The van der Waals surface area contributed by atoms with Crippen molar-refractivity contribution in [2.24, 2.45) is 5.73 Å². The van der Waals surface area contributed by atoms with Crippen molar-refractivity contribution in [1.82, 2.24) is 14.5 Å². The topological polar surface area (TPSA) is 85.8 Å². The van der Waals surface area contributed by atoms with Gasteiger partial charge in [-0.05, 0) is 36.6 Å². The molecule has 4 rings (SSSR count). The van der Waals surface area contributed by atoms with Gasteiger partial charge in [0.05, 0.1) is 5.56 Å². The standard InChI is InChI=1S/C18H16ClN5O/c1-10-2-3-11(19)6-13(10)14-7-24(8-15(14)16(20)25)18-12-4-5-21-17(12)22-9-23-18/h2-3,6-9H,4-5H2,1H3,(H2,20,25)(H,21,22,23). The molecule has 2 aromatic heterocycles. The van der Waals surface area contributed by atoms with E-state index in [9.17, 15) is 4.79 Å². The largest absolute Gasteiger partial charge is 0.369 e. The minimum atomic E-state index is -0.489. The van der Waals surface area contributed by atoms with Gasteiger partial charge in [-0.15, -0.1) is 0 Å². The molecule has 0 atom stereocenters. The van der Waals surface area contributed by atoms with Crippen LogP contribution >= 0.6 is 11.6 Å². The predicted molar refractivity (Wildman–Crippen MR) is 97.3 cm³/mol. The van der Waals surface area contributed by atoms with E-state index < -0.39 is 5.91 Å². The van der Waals surface area contributed by atoms with E-state index >= 15 is 0 Å². The van der Waals surface area contributed by atoms with Crippen LogP contribution in [0.15, 0.2) is 36.9 Å². The summed E-state index contributed by atoms with van der Waals surface area (Å²) >= 11 is 6.15. The molecule has 0 spiro atoms. The molecule has 0 fully saturated rings. The Kier molecular flexibility index (Phi) is 3.69. The number of aromatic nitrogens is 3. The SMILES string of the molecule is Cc1ccc(Cl)cc1-c1cn(-c2ncnc3c2CCN3)cc1C(N)=O. The summed E-state index contributed by atoms with van der Waals surface area (Å²) in [6.45, 7) is 2.80. The number of carbonyl (C=O) groups is 1. The van der Waals surface area contributed by atoms with Gasteiger partial charge in [0, 0.05) is 35.1 Å². The second-order valence-electron chi connectivity index (χ2n) is 6.02. The van der Waals surface area contributed by atoms with E-state index in [1.807, 2.05) is 35.9 Å². The molecule has 0 saturated carbocycles. The zero-order valence-corrected chi connectivity index (χ0v) is 14.3.